The summed E-state index contributed by atoms with van der Waals surface area (Å²) in [5, 5.41) is 19.2. The van der Waals surface area contributed by atoms with E-state index in [0.717, 1.165) is 16.7 Å². The van der Waals surface area contributed by atoms with E-state index >= 15 is 0 Å². The van der Waals surface area contributed by atoms with E-state index in [0.29, 0.717) is 17.8 Å². The minimum absolute atomic E-state index is 0.0856. The zero-order chi connectivity index (χ0) is 21.6. The van der Waals surface area contributed by atoms with E-state index in [1.54, 1.807) is 24.5 Å². The molecule has 0 fully saturated rings. The molecule has 0 saturated carbocycles. The van der Waals surface area contributed by atoms with Crippen molar-refractivity contribution in [3.8, 4) is 0 Å². The Morgan fingerprint density at radius 2 is 1.84 bits per heavy atom. The molecule has 0 radical (unpaired) electrons. The maximum Gasteiger partial charge on any atom is 0.268 e. The lowest BCUT2D eigenvalue weighted by atomic mass is 9.90. The van der Waals surface area contributed by atoms with Crippen molar-refractivity contribution < 1.29 is 14.8 Å². The third-order valence-electron chi connectivity index (χ3n) is 5.01. The Morgan fingerprint density at radius 1 is 1.10 bits per heavy atom. The first kappa shape index (κ1) is 20.1. The number of oxime groups is 2. The summed E-state index contributed by atoms with van der Waals surface area (Å²) >= 11 is 0. The van der Waals surface area contributed by atoms with Gasteiger partial charge < -0.3 is 21.1 Å². The van der Waals surface area contributed by atoms with E-state index in [4.69, 9.17) is 10.6 Å². The standard InChI is InChI=1S/C23H21N5O3/c24-22(27-30)21(15-5-2-1-3-6-15)16-8-10-18(11-9-16)26-23(29)20-13-19(28-31-20)17-7-4-12-25-14-17/h1-12,14,20-21,30H,13H2,(H2,24,27)(H,26,29). The highest BCUT2D eigenvalue weighted by Crippen LogP contribution is 2.26. The van der Waals surface area contributed by atoms with E-state index in [2.05, 4.69) is 20.6 Å². The van der Waals surface area contributed by atoms with Crippen LogP contribution in [-0.2, 0) is 9.63 Å². The number of carbonyl (C=O) groups excluding carboxylic acids is 1. The van der Waals surface area contributed by atoms with Crippen LogP contribution in [0.1, 0.15) is 29.0 Å². The summed E-state index contributed by atoms with van der Waals surface area (Å²) < 4.78 is 0. The van der Waals surface area contributed by atoms with Gasteiger partial charge in [-0.3, -0.25) is 9.78 Å². The molecule has 1 aromatic heterocycles. The highest BCUT2D eigenvalue weighted by molar-refractivity contribution is 6.06. The van der Waals surface area contributed by atoms with E-state index < -0.39 is 12.0 Å². The maximum atomic E-state index is 12.6. The largest absolute Gasteiger partial charge is 0.409 e. The zero-order valence-corrected chi connectivity index (χ0v) is 16.6. The first-order valence-corrected chi connectivity index (χ1v) is 9.72. The molecule has 2 atom stereocenters. The van der Waals surface area contributed by atoms with Crippen molar-refractivity contribution in [1.82, 2.24) is 4.98 Å². The minimum Gasteiger partial charge on any atom is -0.409 e. The van der Waals surface area contributed by atoms with Gasteiger partial charge in [-0.05, 0) is 35.4 Å². The molecular formula is C23H21N5O3. The number of anilines is 1. The molecule has 3 aromatic rings. The summed E-state index contributed by atoms with van der Waals surface area (Å²) in [6.07, 6.45) is 3.03. The molecular weight excluding hydrogens is 394 g/mol. The number of nitrogens with zero attached hydrogens (tertiary/aromatic N) is 3. The summed E-state index contributed by atoms with van der Waals surface area (Å²) in [6.45, 7) is 0. The molecule has 2 aromatic carbocycles. The van der Waals surface area contributed by atoms with Crippen molar-refractivity contribution in [2.24, 2.45) is 16.0 Å². The third kappa shape index (κ3) is 4.53. The normalized spacial score (nSPS) is 16.8. The molecule has 0 saturated heterocycles. The number of hydrogen-bond donors (Lipinski definition) is 3. The maximum absolute atomic E-state index is 12.6. The van der Waals surface area contributed by atoms with Gasteiger partial charge in [0, 0.05) is 30.1 Å². The average Bonchev–Trinajstić information content (AvgIpc) is 3.32. The monoisotopic (exact) mass is 415 g/mol. The number of benzene rings is 2. The van der Waals surface area contributed by atoms with Crippen LogP contribution in [0.4, 0.5) is 5.69 Å². The van der Waals surface area contributed by atoms with Crippen LogP contribution in [0.5, 0.6) is 0 Å². The fourth-order valence-corrected chi connectivity index (χ4v) is 3.44. The molecule has 2 unspecified atom stereocenters. The van der Waals surface area contributed by atoms with Gasteiger partial charge in [0.15, 0.2) is 5.84 Å². The lowest BCUT2D eigenvalue weighted by molar-refractivity contribution is -0.125. The molecule has 0 bridgehead atoms. The van der Waals surface area contributed by atoms with Crippen molar-refractivity contribution >= 4 is 23.1 Å². The molecule has 8 heteroatoms. The molecule has 4 N–H and O–H groups in total. The van der Waals surface area contributed by atoms with Crippen LogP contribution >= 0.6 is 0 Å². The summed E-state index contributed by atoms with van der Waals surface area (Å²) in [4.78, 5) is 22.0. The fourth-order valence-electron chi connectivity index (χ4n) is 3.44. The Morgan fingerprint density at radius 3 is 2.52 bits per heavy atom. The molecule has 8 nitrogen and oxygen atoms in total. The number of nitrogens with one attached hydrogen (secondary N) is 1. The molecule has 31 heavy (non-hydrogen) atoms. The van der Waals surface area contributed by atoms with Crippen LogP contribution in [-0.4, -0.2) is 33.7 Å². The number of amidine groups is 1. The van der Waals surface area contributed by atoms with Gasteiger partial charge in [0.05, 0.1) is 11.6 Å². The van der Waals surface area contributed by atoms with E-state index in [1.807, 2.05) is 54.6 Å². The second-order valence-corrected chi connectivity index (χ2v) is 7.06. The molecule has 1 aliphatic heterocycles. The first-order valence-electron chi connectivity index (χ1n) is 9.72. The average molecular weight is 415 g/mol. The third-order valence-corrected chi connectivity index (χ3v) is 5.01. The summed E-state index contributed by atoms with van der Waals surface area (Å²) in [5.74, 6) is -0.599. The molecule has 0 spiro atoms. The van der Waals surface area contributed by atoms with Crippen molar-refractivity contribution in [1.29, 1.82) is 0 Å². The fraction of sp³-hybridized carbons (Fsp3) is 0.130. The quantitative estimate of drug-likeness (QED) is 0.247. The molecule has 2 heterocycles. The van der Waals surface area contributed by atoms with Crippen molar-refractivity contribution in [3.63, 3.8) is 0 Å². The number of amides is 1. The molecule has 1 aliphatic rings. The Bertz CT molecular complexity index is 1100. The Labute approximate surface area is 179 Å². The van der Waals surface area contributed by atoms with Gasteiger partial charge in [0.1, 0.15) is 0 Å². The highest BCUT2D eigenvalue weighted by atomic mass is 16.6. The van der Waals surface area contributed by atoms with Gasteiger partial charge >= 0.3 is 0 Å². The summed E-state index contributed by atoms with van der Waals surface area (Å²) in [6, 6.07) is 20.4. The predicted octanol–water partition coefficient (Wildman–Crippen LogP) is 3.09. The van der Waals surface area contributed by atoms with Gasteiger partial charge in [0.2, 0.25) is 6.10 Å². The second-order valence-electron chi connectivity index (χ2n) is 7.06. The van der Waals surface area contributed by atoms with Gasteiger partial charge in [0.25, 0.3) is 5.91 Å². The molecule has 1 amide bonds. The van der Waals surface area contributed by atoms with E-state index in [-0.39, 0.29) is 11.7 Å². The molecule has 0 aliphatic carbocycles. The van der Waals surface area contributed by atoms with Crippen molar-refractivity contribution in [2.45, 2.75) is 18.4 Å². The number of rotatable bonds is 6. The molecule has 156 valence electrons. The van der Waals surface area contributed by atoms with Gasteiger partial charge in [-0.15, -0.1) is 0 Å². The Kier molecular flexibility index (Phi) is 5.89. The van der Waals surface area contributed by atoms with Crippen molar-refractivity contribution in [3.05, 3.63) is 95.8 Å². The van der Waals surface area contributed by atoms with Gasteiger partial charge in [-0.25, -0.2) is 0 Å². The lowest BCUT2D eigenvalue weighted by Gasteiger charge is -2.17. The summed E-state index contributed by atoms with van der Waals surface area (Å²) in [5.41, 5.74) is 9.80. The zero-order valence-electron chi connectivity index (χ0n) is 16.6. The lowest BCUT2D eigenvalue weighted by Crippen LogP contribution is -2.28. The predicted molar refractivity (Wildman–Crippen MR) is 117 cm³/mol. The van der Waals surface area contributed by atoms with Crippen LogP contribution in [0.2, 0.25) is 0 Å². The van der Waals surface area contributed by atoms with Crippen LogP contribution in [0, 0.1) is 0 Å². The number of pyridine rings is 1. The second kappa shape index (κ2) is 9.08. The van der Waals surface area contributed by atoms with Crippen LogP contribution in [0.3, 0.4) is 0 Å². The van der Waals surface area contributed by atoms with E-state index in [1.165, 1.54) is 0 Å². The first-order chi connectivity index (χ1) is 15.2. The number of carbonyl (C=O) groups is 1. The van der Waals surface area contributed by atoms with Crippen molar-refractivity contribution in [2.75, 3.05) is 5.32 Å². The summed E-state index contributed by atoms with van der Waals surface area (Å²) in [7, 11) is 0. The van der Waals surface area contributed by atoms with E-state index in [9.17, 15) is 10.0 Å². The smallest absolute Gasteiger partial charge is 0.268 e. The van der Waals surface area contributed by atoms with Crippen LogP contribution < -0.4 is 11.1 Å². The highest BCUT2D eigenvalue weighted by Gasteiger charge is 2.29. The van der Waals surface area contributed by atoms with Crippen LogP contribution in [0.15, 0.2) is 89.4 Å². The topological polar surface area (TPSA) is 122 Å². The molecule has 4 rings (SSSR count). The number of aromatic nitrogens is 1. The Hall–Kier alpha value is -4.20. The van der Waals surface area contributed by atoms with Crippen LogP contribution in [0.25, 0.3) is 0 Å². The van der Waals surface area contributed by atoms with Gasteiger partial charge in [-0.2, -0.15) is 0 Å². The SMILES string of the molecule is N/C(=N/O)C(c1ccccc1)c1ccc(NC(=O)C2CC(c3cccnc3)=NO2)cc1. The minimum atomic E-state index is -0.705. The van der Waals surface area contributed by atoms with Gasteiger partial charge in [-0.1, -0.05) is 52.8 Å². The number of hydrogen-bond acceptors (Lipinski definition) is 6. The number of nitrogens with two attached hydrogens (primary N) is 1. The Balaban J connectivity index is 1.43.